The van der Waals surface area contributed by atoms with Crippen molar-refractivity contribution >= 4 is 12.1 Å². The molecule has 6 nitrogen and oxygen atoms in total. The zero-order valence-electron chi connectivity index (χ0n) is 11.6. The van der Waals surface area contributed by atoms with Crippen LogP contribution in [0.2, 0.25) is 0 Å². The first-order valence-electron chi connectivity index (χ1n) is 5.71. The number of nitrogens with zero attached hydrogens (tertiary/aromatic N) is 2. The van der Waals surface area contributed by atoms with E-state index in [1.807, 2.05) is 12.2 Å². The first-order chi connectivity index (χ1) is 9.44. The summed E-state index contributed by atoms with van der Waals surface area (Å²) in [6, 6.07) is -0.870. The Morgan fingerprint density at radius 1 is 0.950 bits per heavy atom. The van der Waals surface area contributed by atoms with Gasteiger partial charge in [0.1, 0.15) is 0 Å². The van der Waals surface area contributed by atoms with Gasteiger partial charge in [0.25, 0.3) is 0 Å². The van der Waals surface area contributed by atoms with Crippen LogP contribution in [0.4, 0.5) is 9.59 Å². The van der Waals surface area contributed by atoms with E-state index >= 15 is 0 Å². The number of nitrogens with two attached hydrogens (primary N) is 2. The SMILES string of the molecule is C=CC=CC=C.C=CN1CCN(C=C)C1=O.NC(N)=O. The highest BCUT2D eigenvalue weighted by Gasteiger charge is 2.23. The van der Waals surface area contributed by atoms with Gasteiger partial charge in [0.2, 0.25) is 0 Å². The highest BCUT2D eigenvalue weighted by molar-refractivity contribution is 5.78. The van der Waals surface area contributed by atoms with Crippen LogP contribution in [0.25, 0.3) is 0 Å². The number of rotatable bonds is 4. The second kappa shape index (κ2) is 12.7. The monoisotopic (exact) mass is 278 g/mol. The highest BCUT2D eigenvalue weighted by Crippen LogP contribution is 2.07. The van der Waals surface area contributed by atoms with Crippen LogP contribution in [-0.4, -0.2) is 35.0 Å². The van der Waals surface area contributed by atoms with Gasteiger partial charge in [-0.3, -0.25) is 9.80 Å². The summed E-state index contributed by atoms with van der Waals surface area (Å²) in [5, 5.41) is 0. The third kappa shape index (κ3) is 10.4. The van der Waals surface area contributed by atoms with Gasteiger partial charge in [0.05, 0.1) is 0 Å². The molecule has 20 heavy (non-hydrogen) atoms. The summed E-state index contributed by atoms with van der Waals surface area (Å²) >= 11 is 0. The molecular weight excluding hydrogens is 256 g/mol. The van der Waals surface area contributed by atoms with Crippen LogP contribution in [0.1, 0.15) is 0 Å². The Labute approximate surface area is 120 Å². The normalized spacial score (nSPS) is 12.7. The first-order valence-corrected chi connectivity index (χ1v) is 5.71. The number of hydrogen-bond acceptors (Lipinski definition) is 2. The molecule has 0 radical (unpaired) electrons. The minimum atomic E-state index is -0.833. The molecule has 0 bridgehead atoms. The van der Waals surface area contributed by atoms with E-state index in [2.05, 4.69) is 37.8 Å². The largest absolute Gasteiger partial charge is 0.352 e. The molecule has 1 aliphatic heterocycles. The summed E-state index contributed by atoms with van der Waals surface area (Å²) in [5.41, 5.74) is 8.50. The lowest BCUT2D eigenvalue weighted by atomic mass is 10.5. The third-order valence-electron chi connectivity index (χ3n) is 1.90. The summed E-state index contributed by atoms with van der Waals surface area (Å²) in [5.74, 6) is 0. The smallest absolute Gasteiger partial charge is 0.328 e. The van der Waals surface area contributed by atoms with Crippen molar-refractivity contribution in [1.82, 2.24) is 9.80 Å². The Morgan fingerprint density at radius 2 is 1.25 bits per heavy atom. The number of carbonyl (C=O) groups excluding carboxylic acids is 2. The first kappa shape index (κ1) is 19.6. The lowest BCUT2D eigenvalue weighted by Crippen LogP contribution is -2.23. The highest BCUT2D eigenvalue weighted by atomic mass is 16.2. The van der Waals surface area contributed by atoms with E-state index in [0.717, 1.165) is 0 Å². The van der Waals surface area contributed by atoms with Crippen LogP contribution in [-0.2, 0) is 0 Å². The summed E-state index contributed by atoms with van der Waals surface area (Å²) in [6.07, 6.45) is 10.1. The molecule has 1 heterocycles. The van der Waals surface area contributed by atoms with Crippen molar-refractivity contribution in [3.63, 3.8) is 0 Å². The fourth-order valence-corrected chi connectivity index (χ4v) is 1.07. The van der Waals surface area contributed by atoms with Crippen molar-refractivity contribution in [3.05, 3.63) is 63.0 Å². The molecule has 1 rings (SSSR count). The minimum Gasteiger partial charge on any atom is -0.352 e. The standard InChI is InChI=1S/C7H10N2O.C6H8.CH4N2O/c1-3-8-5-6-9(4-2)7(8)10;1-3-5-6-4-2;2-1(3)4/h3-4H,1-2,5-6H2;3-6H,1-2H2;(H4,2,3,4). The number of urea groups is 2. The summed E-state index contributed by atoms with van der Waals surface area (Å²) in [4.78, 5) is 23.2. The van der Waals surface area contributed by atoms with Gasteiger partial charge in [-0.2, -0.15) is 0 Å². The van der Waals surface area contributed by atoms with Crippen LogP contribution >= 0.6 is 0 Å². The van der Waals surface area contributed by atoms with Crippen LogP contribution in [0.3, 0.4) is 0 Å². The fraction of sp³-hybridized carbons (Fsp3) is 0.143. The van der Waals surface area contributed by atoms with Gasteiger partial charge < -0.3 is 11.5 Å². The van der Waals surface area contributed by atoms with E-state index in [4.69, 9.17) is 4.79 Å². The number of carbonyl (C=O) groups is 2. The van der Waals surface area contributed by atoms with E-state index in [0.29, 0.717) is 13.1 Å². The maximum absolute atomic E-state index is 11.1. The molecule has 0 unspecified atom stereocenters. The molecule has 0 aromatic carbocycles. The van der Waals surface area contributed by atoms with E-state index in [-0.39, 0.29) is 6.03 Å². The summed E-state index contributed by atoms with van der Waals surface area (Å²) in [7, 11) is 0. The molecular formula is C14H22N4O2. The van der Waals surface area contributed by atoms with Gasteiger partial charge in [-0.25, -0.2) is 9.59 Å². The predicted molar refractivity (Wildman–Crippen MR) is 82.5 cm³/mol. The lowest BCUT2D eigenvalue weighted by Gasteiger charge is -2.09. The summed E-state index contributed by atoms with van der Waals surface area (Å²) in [6.45, 7) is 15.4. The van der Waals surface area contributed by atoms with Crippen molar-refractivity contribution in [2.75, 3.05) is 13.1 Å². The van der Waals surface area contributed by atoms with Crippen molar-refractivity contribution < 1.29 is 9.59 Å². The third-order valence-corrected chi connectivity index (χ3v) is 1.90. The number of allylic oxidation sites excluding steroid dienone is 4. The summed E-state index contributed by atoms with van der Waals surface area (Å²) < 4.78 is 0. The van der Waals surface area contributed by atoms with Gasteiger partial charge in [-0.1, -0.05) is 50.6 Å². The maximum Gasteiger partial charge on any atom is 0.328 e. The van der Waals surface area contributed by atoms with E-state index in [9.17, 15) is 4.79 Å². The van der Waals surface area contributed by atoms with Crippen molar-refractivity contribution in [2.45, 2.75) is 0 Å². The van der Waals surface area contributed by atoms with Gasteiger partial charge >= 0.3 is 12.1 Å². The molecule has 4 N–H and O–H groups in total. The van der Waals surface area contributed by atoms with Crippen LogP contribution in [0.5, 0.6) is 0 Å². The van der Waals surface area contributed by atoms with Crippen molar-refractivity contribution in [2.24, 2.45) is 11.5 Å². The minimum absolute atomic E-state index is 0.0370. The van der Waals surface area contributed by atoms with Gasteiger partial charge in [-0.15, -0.1) is 0 Å². The second-order valence-corrected chi connectivity index (χ2v) is 3.29. The van der Waals surface area contributed by atoms with Crippen LogP contribution in [0.15, 0.2) is 63.0 Å². The topological polar surface area (TPSA) is 92.7 Å². The van der Waals surface area contributed by atoms with Gasteiger partial charge in [-0.05, 0) is 0 Å². The Balaban J connectivity index is 0. The van der Waals surface area contributed by atoms with Gasteiger partial charge in [0, 0.05) is 25.5 Å². The quantitative estimate of drug-likeness (QED) is 0.769. The van der Waals surface area contributed by atoms with Crippen LogP contribution < -0.4 is 11.5 Å². The van der Waals surface area contributed by atoms with Crippen molar-refractivity contribution in [3.8, 4) is 0 Å². The second-order valence-electron chi connectivity index (χ2n) is 3.29. The Bertz CT molecular complexity index is 357. The molecule has 4 amide bonds. The molecule has 6 heteroatoms. The maximum atomic E-state index is 11.1. The van der Waals surface area contributed by atoms with E-state index in [1.54, 1.807) is 22.0 Å². The molecule has 1 aliphatic rings. The van der Waals surface area contributed by atoms with Crippen LogP contribution in [0, 0.1) is 0 Å². The van der Waals surface area contributed by atoms with E-state index in [1.165, 1.54) is 12.4 Å². The van der Waals surface area contributed by atoms with E-state index < -0.39 is 6.03 Å². The Morgan fingerprint density at radius 3 is 1.40 bits per heavy atom. The molecule has 0 saturated carbocycles. The average molecular weight is 278 g/mol. The zero-order chi connectivity index (χ0) is 16.0. The number of primary amides is 2. The average Bonchev–Trinajstić information content (AvgIpc) is 2.76. The predicted octanol–water partition coefficient (Wildman–Crippen LogP) is 1.95. The zero-order valence-corrected chi connectivity index (χ0v) is 11.6. The molecule has 0 atom stereocenters. The molecule has 0 aliphatic carbocycles. The molecule has 0 spiro atoms. The Hall–Kier alpha value is -2.76. The number of amides is 4. The molecule has 0 aromatic heterocycles. The Kier molecular flexibility index (Phi) is 12.4. The molecule has 110 valence electrons. The molecule has 0 aromatic rings. The fourth-order valence-electron chi connectivity index (χ4n) is 1.07. The molecule has 1 fully saturated rings. The number of hydrogen-bond donors (Lipinski definition) is 2. The van der Waals surface area contributed by atoms with Crippen molar-refractivity contribution in [1.29, 1.82) is 0 Å². The van der Waals surface area contributed by atoms with Gasteiger partial charge in [0.15, 0.2) is 0 Å². The lowest BCUT2D eigenvalue weighted by molar-refractivity contribution is 0.214. The molecule has 1 saturated heterocycles.